The molecule has 0 aliphatic rings. The second-order valence-corrected chi connectivity index (χ2v) is 6.06. The van der Waals surface area contributed by atoms with Crippen LogP contribution in [-0.2, 0) is 9.53 Å². The molecule has 1 heterocycles. The molecule has 3 aromatic rings. The van der Waals surface area contributed by atoms with Crippen LogP contribution in [0.15, 0.2) is 48.8 Å². The van der Waals surface area contributed by atoms with Crippen LogP contribution in [0.1, 0.15) is 28.4 Å². The number of rotatable bonds is 4. The number of carbonyl (C=O) groups is 2. The van der Waals surface area contributed by atoms with Crippen molar-refractivity contribution in [3.05, 3.63) is 65.5 Å². The second kappa shape index (κ2) is 7.31. The Balaban J connectivity index is 1.70. The smallest absolute Gasteiger partial charge is 0.338 e. The van der Waals surface area contributed by atoms with Gasteiger partial charge in [-0.3, -0.25) is 14.8 Å². The number of nitrogens with one attached hydrogen (secondary N) is 1. The first kappa shape index (κ1) is 17.5. The molecule has 132 valence electrons. The highest BCUT2D eigenvalue weighted by Gasteiger charge is 2.20. The average Bonchev–Trinajstić information content (AvgIpc) is 2.64. The summed E-state index contributed by atoms with van der Waals surface area (Å²) in [4.78, 5) is 33.0. The fourth-order valence-corrected chi connectivity index (χ4v) is 2.61. The van der Waals surface area contributed by atoms with Crippen molar-refractivity contribution >= 4 is 28.6 Å². The van der Waals surface area contributed by atoms with Crippen molar-refractivity contribution in [1.82, 2.24) is 9.97 Å². The Morgan fingerprint density at radius 3 is 2.35 bits per heavy atom. The predicted molar refractivity (Wildman–Crippen MR) is 99.0 cm³/mol. The maximum absolute atomic E-state index is 12.4. The van der Waals surface area contributed by atoms with Crippen molar-refractivity contribution in [2.45, 2.75) is 26.9 Å². The Kier molecular flexibility index (Phi) is 4.93. The second-order valence-electron chi connectivity index (χ2n) is 6.06. The number of aromatic nitrogens is 2. The molecule has 0 saturated heterocycles. The van der Waals surface area contributed by atoms with Gasteiger partial charge in [-0.25, -0.2) is 4.79 Å². The number of aryl methyl sites for hydroxylation is 2. The first-order valence-corrected chi connectivity index (χ1v) is 8.24. The van der Waals surface area contributed by atoms with Crippen LogP contribution < -0.4 is 5.32 Å². The summed E-state index contributed by atoms with van der Waals surface area (Å²) in [6.07, 6.45) is 2.21. The summed E-state index contributed by atoms with van der Waals surface area (Å²) in [6.45, 7) is 5.37. The van der Waals surface area contributed by atoms with Crippen molar-refractivity contribution in [2.24, 2.45) is 0 Å². The van der Waals surface area contributed by atoms with E-state index in [2.05, 4.69) is 15.3 Å². The van der Waals surface area contributed by atoms with E-state index in [0.717, 1.165) is 16.8 Å². The van der Waals surface area contributed by atoms with E-state index in [1.165, 1.54) is 0 Å². The predicted octanol–water partition coefficient (Wildman–Crippen LogP) is 3.43. The molecule has 0 unspecified atom stereocenters. The number of ether oxygens (including phenoxy) is 1. The highest BCUT2D eigenvalue weighted by Crippen LogP contribution is 2.20. The summed E-state index contributed by atoms with van der Waals surface area (Å²) >= 11 is 0. The van der Waals surface area contributed by atoms with Gasteiger partial charge in [0.25, 0.3) is 5.91 Å². The first-order valence-electron chi connectivity index (χ1n) is 8.24. The number of hydrogen-bond donors (Lipinski definition) is 1. The Morgan fingerprint density at radius 2 is 1.65 bits per heavy atom. The largest absolute Gasteiger partial charge is 0.449 e. The Hall–Kier alpha value is -3.28. The maximum Gasteiger partial charge on any atom is 0.338 e. The average molecular weight is 349 g/mol. The zero-order chi connectivity index (χ0) is 18.7. The number of benzene rings is 2. The SMILES string of the molecule is Cc1cccc(C)c1NC(=O)[C@H](C)OC(=O)c1ccc2nccnc2c1. The number of amides is 1. The number of fused-ring (bicyclic) bond motifs is 1. The maximum atomic E-state index is 12.4. The number of esters is 1. The van der Waals surface area contributed by atoms with Crippen LogP contribution in [0.25, 0.3) is 11.0 Å². The van der Waals surface area contributed by atoms with Crippen LogP contribution >= 0.6 is 0 Å². The molecule has 0 radical (unpaired) electrons. The fraction of sp³-hybridized carbons (Fsp3) is 0.200. The zero-order valence-electron chi connectivity index (χ0n) is 14.8. The van der Waals surface area contributed by atoms with Crippen LogP contribution in [0.5, 0.6) is 0 Å². The lowest BCUT2D eigenvalue weighted by atomic mass is 10.1. The molecule has 1 N–H and O–H groups in total. The number of carbonyl (C=O) groups excluding carboxylic acids is 2. The van der Waals surface area contributed by atoms with Crippen molar-refractivity contribution in [3.8, 4) is 0 Å². The van der Waals surface area contributed by atoms with Crippen molar-refractivity contribution in [3.63, 3.8) is 0 Å². The molecule has 2 aromatic carbocycles. The number of anilines is 1. The third-order valence-electron chi connectivity index (χ3n) is 4.09. The van der Waals surface area contributed by atoms with Crippen LogP contribution in [0.3, 0.4) is 0 Å². The minimum absolute atomic E-state index is 0.324. The van der Waals surface area contributed by atoms with Crippen LogP contribution in [0, 0.1) is 13.8 Å². The molecule has 3 rings (SSSR count). The summed E-state index contributed by atoms with van der Waals surface area (Å²) in [5.74, 6) is -0.960. The molecule has 0 fully saturated rings. The number of hydrogen-bond acceptors (Lipinski definition) is 5. The van der Waals surface area contributed by atoms with Crippen molar-refractivity contribution in [1.29, 1.82) is 0 Å². The van der Waals surface area contributed by atoms with Gasteiger partial charge in [0.1, 0.15) is 0 Å². The van der Waals surface area contributed by atoms with Gasteiger partial charge in [0.05, 0.1) is 16.6 Å². The van der Waals surface area contributed by atoms with E-state index in [9.17, 15) is 9.59 Å². The molecule has 1 aromatic heterocycles. The van der Waals surface area contributed by atoms with Gasteiger partial charge >= 0.3 is 5.97 Å². The van der Waals surface area contributed by atoms with Crippen molar-refractivity contribution < 1.29 is 14.3 Å². The normalized spacial score (nSPS) is 11.8. The molecule has 6 heteroatoms. The summed E-state index contributed by atoms with van der Waals surface area (Å²) in [6, 6.07) is 10.6. The quantitative estimate of drug-likeness (QED) is 0.730. The minimum atomic E-state index is -0.931. The van der Waals surface area contributed by atoms with Crippen molar-refractivity contribution in [2.75, 3.05) is 5.32 Å². The van der Waals surface area contributed by atoms with Gasteiger partial charge in [-0.2, -0.15) is 0 Å². The number of nitrogens with zero attached hydrogens (tertiary/aromatic N) is 2. The van der Waals surface area contributed by atoms with Gasteiger partial charge in [-0.05, 0) is 50.1 Å². The highest BCUT2D eigenvalue weighted by molar-refractivity contribution is 5.99. The molecule has 0 bridgehead atoms. The van der Waals surface area contributed by atoms with E-state index in [4.69, 9.17) is 4.74 Å². The molecule has 1 amide bonds. The fourth-order valence-electron chi connectivity index (χ4n) is 2.61. The van der Waals surface area contributed by atoms with E-state index in [0.29, 0.717) is 16.6 Å². The summed E-state index contributed by atoms with van der Waals surface area (Å²) in [5, 5.41) is 2.83. The molecule has 1 atom stereocenters. The van der Waals surface area contributed by atoms with E-state index in [1.54, 1.807) is 37.5 Å². The standard InChI is InChI=1S/C20H19N3O3/c1-12-5-4-6-13(2)18(12)23-19(24)14(3)26-20(25)15-7-8-16-17(11-15)22-10-9-21-16/h4-11,14H,1-3H3,(H,23,24)/t14-/m0/s1. The highest BCUT2D eigenvalue weighted by atomic mass is 16.5. The van der Waals surface area contributed by atoms with Crippen LogP contribution in [0.4, 0.5) is 5.69 Å². The summed E-state index contributed by atoms with van der Waals surface area (Å²) < 4.78 is 5.30. The topological polar surface area (TPSA) is 81.2 Å². The molecular weight excluding hydrogens is 330 g/mol. The van der Waals surface area contributed by atoms with Gasteiger partial charge < -0.3 is 10.1 Å². The molecular formula is C20H19N3O3. The molecule has 0 aliphatic heterocycles. The van der Waals surface area contributed by atoms with Crippen LogP contribution in [-0.4, -0.2) is 27.9 Å². The monoisotopic (exact) mass is 349 g/mol. The Labute approximate surface area is 151 Å². The lowest BCUT2D eigenvalue weighted by Crippen LogP contribution is -2.30. The lowest BCUT2D eigenvalue weighted by molar-refractivity contribution is -0.123. The molecule has 0 aliphatic carbocycles. The molecule has 26 heavy (non-hydrogen) atoms. The van der Waals surface area contributed by atoms with Gasteiger partial charge in [-0.15, -0.1) is 0 Å². The molecule has 0 spiro atoms. The van der Waals surface area contributed by atoms with E-state index in [1.807, 2.05) is 32.0 Å². The molecule has 0 saturated carbocycles. The van der Waals surface area contributed by atoms with Gasteiger partial charge in [-0.1, -0.05) is 18.2 Å². The third kappa shape index (κ3) is 3.69. The Morgan fingerprint density at radius 1 is 1.00 bits per heavy atom. The molecule has 6 nitrogen and oxygen atoms in total. The lowest BCUT2D eigenvalue weighted by Gasteiger charge is -2.16. The van der Waals surface area contributed by atoms with Gasteiger partial charge in [0.15, 0.2) is 6.10 Å². The zero-order valence-corrected chi connectivity index (χ0v) is 14.8. The van der Waals surface area contributed by atoms with Gasteiger partial charge in [0, 0.05) is 18.1 Å². The van der Waals surface area contributed by atoms with Crippen LogP contribution in [0.2, 0.25) is 0 Å². The van der Waals surface area contributed by atoms with E-state index >= 15 is 0 Å². The third-order valence-corrected chi connectivity index (χ3v) is 4.09. The van der Waals surface area contributed by atoms with E-state index < -0.39 is 12.1 Å². The van der Waals surface area contributed by atoms with Gasteiger partial charge in [0.2, 0.25) is 0 Å². The number of para-hydroxylation sites is 1. The minimum Gasteiger partial charge on any atom is -0.449 e. The summed E-state index contributed by atoms with van der Waals surface area (Å²) in [7, 11) is 0. The van der Waals surface area contributed by atoms with E-state index in [-0.39, 0.29) is 5.91 Å². The Bertz CT molecular complexity index is 965. The summed E-state index contributed by atoms with van der Waals surface area (Å²) in [5.41, 5.74) is 4.24. The first-order chi connectivity index (χ1) is 12.5.